The molecule has 3 fully saturated rings. The first kappa shape index (κ1) is 12.9. The number of rotatable bonds is 2. The molecule has 5 atom stereocenters. The summed E-state index contributed by atoms with van der Waals surface area (Å²) < 4.78 is 0. The second-order valence-corrected chi connectivity index (χ2v) is 10.0. The van der Waals surface area contributed by atoms with E-state index in [2.05, 4.69) is 48.8 Å². The topological polar surface area (TPSA) is 0 Å². The Morgan fingerprint density at radius 1 is 1.16 bits per heavy atom. The van der Waals surface area contributed by atoms with E-state index in [0.29, 0.717) is 10.2 Å². The van der Waals surface area contributed by atoms with Crippen molar-refractivity contribution in [2.45, 2.75) is 50.3 Å². The molecule has 0 nitrogen and oxygen atoms in total. The van der Waals surface area contributed by atoms with E-state index in [4.69, 9.17) is 0 Å². The zero-order valence-electron chi connectivity index (χ0n) is 12.0. The van der Waals surface area contributed by atoms with Crippen LogP contribution in [0.4, 0.5) is 0 Å². The van der Waals surface area contributed by atoms with E-state index in [1.807, 2.05) is 11.3 Å². The van der Waals surface area contributed by atoms with Crippen LogP contribution in [0.25, 0.3) is 0 Å². The van der Waals surface area contributed by atoms with Gasteiger partial charge in [-0.3, -0.25) is 0 Å². The van der Waals surface area contributed by atoms with E-state index in [-0.39, 0.29) is 0 Å². The molecule has 0 saturated heterocycles. The Labute approximate surface area is 129 Å². The molecule has 0 aliphatic heterocycles. The third kappa shape index (κ3) is 1.89. The molecule has 0 N–H and O–H groups in total. The van der Waals surface area contributed by atoms with Crippen LogP contribution in [0.5, 0.6) is 0 Å². The van der Waals surface area contributed by atoms with Crippen molar-refractivity contribution in [1.29, 1.82) is 0 Å². The predicted octanol–water partition coefficient (Wildman–Crippen LogP) is 5.77. The number of alkyl halides is 1. The largest absolute Gasteiger partial charge is 0.144 e. The van der Waals surface area contributed by atoms with Crippen LogP contribution in [-0.2, 0) is 5.41 Å². The minimum Gasteiger partial charge on any atom is -0.144 e. The van der Waals surface area contributed by atoms with Crippen molar-refractivity contribution in [1.82, 2.24) is 0 Å². The molecule has 0 spiro atoms. The highest BCUT2D eigenvalue weighted by Gasteiger charge is 2.66. The maximum Gasteiger partial charge on any atom is 0.0523 e. The highest BCUT2D eigenvalue weighted by molar-refractivity contribution is 9.09. The van der Waals surface area contributed by atoms with Crippen molar-refractivity contribution in [2.24, 2.45) is 29.6 Å². The first-order chi connectivity index (χ1) is 8.97. The predicted molar refractivity (Wildman–Crippen MR) is 86.0 cm³/mol. The third-order valence-corrected chi connectivity index (χ3v) is 8.77. The molecule has 0 amide bonds. The minimum absolute atomic E-state index is 0.300. The maximum atomic E-state index is 4.04. The lowest BCUT2D eigenvalue weighted by molar-refractivity contribution is 0.456. The molecule has 3 aliphatic carbocycles. The molecule has 1 heterocycles. The Balaban J connectivity index is 1.53. The third-order valence-electron chi connectivity index (χ3n) is 5.77. The number of fused-ring (bicyclic) bond motifs is 5. The quantitative estimate of drug-likeness (QED) is 0.600. The van der Waals surface area contributed by atoms with Gasteiger partial charge in [0.25, 0.3) is 0 Å². The van der Waals surface area contributed by atoms with Crippen LogP contribution < -0.4 is 0 Å². The summed E-state index contributed by atoms with van der Waals surface area (Å²) in [4.78, 5) is 3.73. The molecule has 3 saturated carbocycles. The number of hydrogen-bond acceptors (Lipinski definition) is 1. The molecule has 104 valence electrons. The van der Waals surface area contributed by atoms with Gasteiger partial charge in [0, 0.05) is 9.75 Å². The second kappa shape index (κ2) is 4.10. The van der Waals surface area contributed by atoms with Crippen LogP contribution in [0.1, 0.15) is 54.6 Å². The molecule has 5 unspecified atom stereocenters. The number of halogens is 1. The highest BCUT2D eigenvalue weighted by atomic mass is 79.9. The van der Waals surface area contributed by atoms with Gasteiger partial charge in [0.15, 0.2) is 0 Å². The van der Waals surface area contributed by atoms with E-state index < -0.39 is 0 Å². The van der Waals surface area contributed by atoms with E-state index in [9.17, 15) is 0 Å². The first-order valence-corrected chi connectivity index (χ1v) is 9.44. The molecule has 1 aromatic heterocycles. The van der Waals surface area contributed by atoms with Gasteiger partial charge in [-0.25, -0.2) is 0 Å². The lowest BCUT2D eigenvalue weighted by Crippen LogP contribution is -2.07. The number of hydrogen-bond donors (Lipinski definition) is 0. The molecule has 2 heteroatoms. The van der Waals surface area contributed by atoms with Gasteiger partial charge in [-0.1, -0.05) is 36.7 Å². The summed E-state index contributed by atoms with van der Waals surface area (Å²) >= 11 is 6.07. The summed E-state index contributed by atoms with van der Waals surface area (Å²) in [7, 11) is 0. The zero-order valence-corrected chi connectivity index (χ0v) is 14.4. The molecule has 3 aliphatic rings. The maximum absolute atomic E-state index is 4.04. The molecule has 0 aromatic carbocycles. The van der Waals surface area contributed by atoms with Crippen LogP contribution in [0, 0.1) is 29.6 Å². The van der Waals surface area contributed by atoms with Gasteiger partial charge in [0.1, 0.15) is 0 Å². The summed E-state index contributed by atoms with van der Waals surface area (Å²) in [5, 5.41) is 0. The standard InChI is InChI=1S/C17H23BrS/c1-17(2,3)12-7-6-11(19-12)16(18)15-13-9-4-5-10(8-9)14(13)15/h6-7,9-10,13-16H,4-5,8H2,1-3H3. The monoisotopic (exact) mass is 338 g/mol. The van der Waals surface area contributed by atoms with Gasteiger partial charge >= 0.3 is 0 Å². The normalized spacial score (nSPS) is 41.4. The van der Waals surface area contributed by atoms with Gasteiger partial charge in [-0.2, -0.15) is 0 Å². The van der Waals surface area contributed by atoms with E-state index in [0.717, 1.165) is 29.6 Å². The highest BCUT2D eigenvalue weighted by Crippen LogP contribution is 2.73. The fourth-order valence-electron chi connectivity index (χ4n) is 4.88. The van der Waals surface area contributed by atoms with Gasteiger partial charge in [-0.05, 0) is 66.4 Å². The van der Waals surface area contributed by atoms with Gasteiger partial charge < -0.3 is 0 Å². The Kier molecular flexibility index (Phi) is 2.78. The molecule has 0 radical (unpaired) electrons. The fraction of sp³-hybridized carbons (Fsp3) is 0.765. The van der Waals surface area contributed by atoms with Crippen molar-refractivity contribution >= 4 is 27.3 Å². The van der Waals surface area contributed by atoms with E-state index in [1.165, 1.54) is 17.7 Å². The van der Waals surface area contributed by atoms with Gasteiger partial charge in [-0.15, -0.1) is 11.3 Å². The van der Waals surface area contributed by atoms with Crippen molar-refractivity contribution < 1.29 is 0 Å². The van der Waals surface area contributed by atoms with E-state index >= 15 is 0 Å². The van der Waals surface area contributed by atoms with Crippen LogP contribution in [-0.4, -0.2) is 0 Å². The zero-order chi connectivity index (χ0) is 13.4. The SMILES string of the molecule is CC(C)(C)c1ccc(C(Br)C2C3C4CCC(C4)C32)s1. The summed E-state index contributed by atoms with van der Waals surface area (Å²) in [6.07, 6.45) is 4.61. The van der Waals surface area contributed by atoms with E-state index in [1.54, 1.807) is 11.3 Å². The summed E-state index contributed by atoms with van der Waals surface area (Å²) in [5.41, 5.74) is 0.300. The summed E-state index contributed by atoms with van der Waals surface area (Å²) in [5.74, 6) is 5.27. The Morgan fingerprint density at radius 3 is 2.32 bits per heavy atom. The smallest absolute Gasteiger partial charge is 0.0523 e. The first-order valence-electron chi connectivity index (χ1n) is 7.71. The lowest BCUT2D eigenvalue weighted by atomic mass is 9.95. The fourth-order valence-corrected chi connectivity index (χ4v) is 7.12. The minimum atomic E-state index is 0.300. The molecule has 1 aromatic rings. The van der Waals surface area contributed by atoms with Crippen molar-refractivity contribution in [3.05, 3.63) is 21.9 Å². The lowest BCUT2D eigenvalue weighted by Gasteiger charge is -2.16. The van der Waals surface area contributed by atoms with Crippen molar-refractivity contribution in [3.8, 4) is 0 Å². The van der Waals surface area contributed by atoms with Crippen molar-refractivity contribution in [2.75, 3.05) is 0 Å². The second-order valence-electron chi connectivity index (χ2n) is 7.92. The van der Waals surface area contributed by atoms with Crippen LogP contribution in [0.15, 0.2) is 12.1 Å². The average Bonchev–Trinajstić information content (AvgIpc) is 2.78. The molecule has 19 heavy (non-hydrogen) atoms. The summed E-state index contributed by atoms with van der Waals surface area (Å²) in [6.45, 7) is 6.95. The van der Waals surface area contributed by atoms with Gasteiger partial charge in [0.2, 0.25) is 0 Å². The number of thiophene rings is 1. The molecule has 4 rings (SSSR count). The Bertz CT molecular complexity index is 482. The van der Waals surface area contributed by atoms with Crippen LogP contribution in [0.2, 0.25) is 0 Å². The van der Waals surface area contributed by atoms with Crippen LogP contribution in [0.3, 0.4) is 0 Å². The van der Waals surface area contributed by atoms with Crippen LogP contribution >= 0.6 is 27.3 Å². The van der Waals surface area contributed by atoms with Crippen molar-refractivity contribution in [3.63, 3.8) is 0 Å². The van der Waals surface area contributed by atoms with Gasteiger partial charge in [0.05, 0.1) is 4.83 Å². The molecule has 2 bridgehead atoms. The Morgan fingerprint density at radius 2 is 1.79 bits per heavy atom. The average molecular weight is 339 g/mol. The molecular weight excluding hydrogens is 316 g/mol. The Hall–Kier alpha value is 0.180. The summed E-state index contributed by atoms with van der Waals surface area (Å²) in [6, 6.07) is 4.72. The molecular formula is C17H23BrS.